The average Bonchev–Trinajstić information content (AvgIpc) is 3.09. The number of furan rings is 1. The summed E-state index contributed by atoms with van der Waals surface area (Å²) < 4.78 is 33.0. The van der Waals surface area contributed by atoms with E-state index in [4.69, 9.17) is 9.15 Å². The van der Waals surface area contributed by atoms with E-state index in [0.717, 1.165) is 11.1 Å². The standard InChI is InChI=1S/C18H24N2O5S/c1-24-11-9-20(13-17-4-3-10-25-17)18(21)19-12-15-5-7-16(8-6-15)14-26(2,22)23/h3-8,10H,9,11-14H2,1-2H3,(H,19,21). The fourth-order valence-corrected chi connectivity index (χ4v) is 3.19. The van der Waals surface area contributed by atoms with Crippen LogP contribution in [0.15, 0.2) is 47.1 Å². The Labute approximate surface area is 153 Å². The van der Waals surface area contributed by atoms with Crippen molar-refractivity contribution in [3.63, 3.8) is 0 Å². The van der Waals surface area contributed by atoms with Crippen LogP contribution in [0.1, 0.15) is 16.9 Å². The van der Waals surface area contributed by atoms with Crippen LogP contribution in [0.4, 0.5) is 4.79 Å². The Hall–Kier alpha value is -2.32. The van der Waals surface area contributed by atoms with Crippen LogP contribution in [-0.2, 0) is 33.4 Å². The number of ether oxygens (including phenoxy) is 1. The predicted octanol–water partition coefficient (Wildman–Crippen LogP) is 2.18. The second kappa shape index (κ2) is 9.40. The molecule has 1 N–H and O–H groups in total. The van der Waals surface area contributed by atoms with Crippen molar-refractivity contribution in [2.45, 2.75) is 18.8 Å². The third-order valence-corrected chi connectivity index (χ3v) is 4.53. The van der Waals surface area contributed by atoms with Gasteiger partial charge in [0.05, 0.1) is 25.2 Å². The van der Waals surface area contributed by atoms with E-state index in [-0.39, 0.29) is 11.8 Å². The topological polar surface area (TPSA) is 88.8 Å². The number of amides is 2. The number of sulfone groups is 1. The molecular formula is C18H24N2O5S. The van der Waals surface area contributed by atoms with Gasteiger partial charge in [0.1, 0.15) is 5.76 Å². The minimum Gasteiger partial charge on any atom is -0.467 e. The summed E-state index contributed by atoms with van der Waals surface area (Å²) in [5.74, 6) is 0.703. The van der Waals surface area contributed by atoms with Crippen molar-refractivity contribution < 1.29 is 22.4 Å². The third kappa shape index (κ3) is 6.89. The van der Waals surface area contributed by atoms with Gasteiger partial charge in [-0.3, -0.25) is 0 Å². The van der Waals surface area contributed by atoms with E-state index < -0.39 is 9.84 Å². The highest BCUT2D eigenvalue weighted by Crippen LogP contribution is 2.09. The molecular weight excluding hydrogens is 356 g/mol. The van der Waals surface area contributed by atoms with Gasteiger partial charge in [0.15, 0.2) is 9.84 Å². The number of rotatable bonds is 9. The Balaban J connectivity index is 1.91. The van der Waals surface area contributed by atoms with Gasteiger partial charge in [0.25, 0.3) is 0 Å². The number of hydrogen-bond donors (Lipinski definition) is 1. The van der Waals surface area contributed by atoms with Crippen LogP contribution in [0.25, 0.3) is 0 Å². The molecule has 2 aromatic rings. The first-order valence-electron chi connectivity index (χ1n) is 8.17. The lowest BCUT2D eigenvalue weighted by molar-refractivity contribution is 0.142. The highest BCUT2D eigenvalue weighted by Gasteiger charge is 2.15. The molecule has 0 spiro atoms. The van der Waals surface area contributed by atoms with Gasteiger partial charge in [-0.05, 0) is 23.3 Å². The first kappa shape index (κ1) is 20.0. The summed E-state index contributed by atoms with van der Waals surface area (Å²) in [5, 5.41) is 2.86. The van der Waals surface area contributed by atoms with E-state index in [9.17, 15) is 13.2 Å². The van der Waals surface area contributed by atoms with Gasteiger partial charge in [0.2, 0.25) is 0 Å². The van der Waals surface area contributed by atoms with Gasteiger partial charge in [-0.2, -0.15) is 0 Å². The maximum atomic E-state index is 12.4. The zero-order chi connectivity index (χ0) is 19.0. The number of methoxy groups -OCH3 is 1. The Bertz CT molecular complexity index is 785. The monoisotopic (exact) mass is 380 g/mol. The zero-order valence-electron chi connectivity index (χ0n) is 15.0. The minimum absolute atomic E-state index is 0.00752. The molecule has 0 fully saturated rings. The highest BCUT2D eigenvalue weighted by atomic mass is 32.2. The highest BCUT2D eigenvalue weighted by molar-refractivity contribution is 7.89. The smallest absolute Gasteiger partial charge is 0.318 e. The van der Waals surface area contributed by atoms with Crippen LogP contribution in [0.5, 0.6) is 0 Å². The molecule has 1 aromatic heterocycles. The van der Waals surface area contributed by atoms with E-state index in [1.54, 1.807) is 36.5 Å². The normalized spacial score (nSPS) is 11.3. The maximum absolute atomic E-state index is 12.4. The number of nitrogens with one attached hydrogen (secondary N) is 1. The Morgan fingerprint density at radius 2 is 1.88 bits per heavy atom. The van der Waals surface area contributed by atoms with Gasteiger partial charge in [0, 0.05) is 26.5 Å². The summed E-state index contributed by atoms with van der Waals surface area (Å²) in [7, 11) is -1.47. The minimum atomic E-state index is -3.06. The molecule has 0 atom stereocenters. The molecule has 142 valence electrons. The van der Waals surface area contributed by atoms with Crippen LogP contribution >= 0.6 is 0 Å². The van der Waals surface area contributed by atoms with Crippen LogP contribution < -0.4 is 5.32 Å². The van der Waals surface area contributed by atoms with Crippen molar-refractivity contribution in [2.75, 3.05) is 26.5 Å². The molecule has 2 amide bonds. The molecule has 2 rings (SSSR count). The maximum Gasteiger partial charge on any atom is 0.318 e. The molecule has 0 aliphatic rings. The van der Waals surface area contributed by atoms with Crippen LogP contribution in [0.3, 0.4) is 0 Å². The second-order valence-corrected chi connectivity index (χ2v) is 8.18. The van der Waals surface area contributed by atoms with Crippen molar-refractivity contribution in [1.82, 2.24) is 10.2 Å². The van der Waals surface area contributed by atoms with E-state index >= 15 is 0 Å². The fourth-order valence-electron chi connectivity index (χ4n) is 2.39. The summed E-state index contributed by atoms with van der Waals surface area (Å²) >= 11 is 0. The predicted molar refractivity (Wildman–Crippen MR) is 98.2 cm³/mol. The summed E-state index contributed by atoms with van der Waals surface area (Å²) in [5.41, 5.74) is 1.61. The summed E-state index contributed by atoms with van der Waals surface area (Å²) in [6, 6.07) is 10.5. The summed E-state index contributed by atoms with van der Waals surface area (Å²) in [6.45, 7) is 1.57. The van der Waals surface area contributed by atoms with Gasteiger partial charge >= 0.3 is 6.03 Å². The van der Waals surface area contributed by atoms with E-state index in [1.807, 2.05) is 18.2 Å². The lowest BCUT2D eigenvalue weighted by Crippen LogP contribution is -2.40. The summed E-state index contributed by atoms with van der Waals surface area (Å²) in [6.07, 6.45) is 2.77. The van der Waals surface area contributed by atoms with E-state index in [1.165, 1.54) is 6.26 Å². The number of nitrogens with zero attached hydrogens (tertiary/aromatic N) is 1. The fraction of sp³-hybridized carbons (Fsp3) is 0.389. The van der Waals surface area contributed by atoms with Crippen molar-refractivity contribution in [3.8, 4) is 0 Å². The van der Waals surface area contributed by atoms with E-state index in [2.05, 4.69) is 5.32 Å². The molecule has 8 heteroatoms. The summed E-state index contributed by atoms with van der Waals surface area (Å²) in [4.78, 5) is 14.1. The van der Waals surface area contributed by atoms with Gasteiger partial charge in [-0.1, -0.05) is 24.3 Å². The number of hydrogen-bond acceptors (Lipinski definition) is 5. The second-order valence-electron chi connectivity index (χ2n) is 6.04. The molecule has 0 bridgehead atoms. The van der Waals surface area contributed by atoms with Crippen molar-refractivity contribution >= 4 is 15.9 Å². The molecule has 7 nitrogen and oxygen atoms in total. The molecule has 0 unspecified atom stereocenters. The van der Waals surface area contributed by atoms with Gasteiger partial charge < -0.3 is 19.4 Å². The van der Waals surface area contributed by atoms with Gasteiger partial charge in [-0.15, -0.1) is 0 Å². The lowest BCUT2D eigenvalue weighted by Gasteiger charge is -2.22. The Morgan fingerprint density at radius 1 is 1.19 bits per heavy atom. The van der Waals surface area contributed by atoms with Crippen LogP contribution in [-0.4, -0.2) is 45.9 Å². The number of carbonyl (C=O) groups excluding carboxylic acids is 1. The lowest BCUT2D eigenvalue weighted by atomic mass is 10.1. The first-order valence-corrected chi connectivity index (χ1v) is 10.2. The Morgan fingerprint density at radius 3 is 2.46 bits per heavy atom. The van der Waals surface area contributed by atoms with Crippen molar-refractivity contribution in [3.05, 3.63) is 59.5 Å². The van der Waals surface area contributed by atoms with E-state index in [0.29, 0.717) is 32.0 Å². The van der Waals surface area contributed by atoms with Crippen LogP contribution in [0, 0.1) is 0 Å². The number of urea groups is 1. The Kier molecular flexibility index (Phi) is 7.23. The van der Waals surface area contributed by atoms with Crippen molar-refractivity contribution in [1.29, 1.82) is 0 Å². The largest absolute Gasteiger partial charge is 0.467 e. The molecule has 1 aromatic carbocycles. The van der Waals surface area contributed by atoms with Crippen LogP contribution in [0.2, 0.25) is 0 Å². The number of benzene rings is 1. The molecule has 1 heterocycles. The van der Waals surface area contributed by atoms with Gasteiger partial charge in [-0.25, -0.2) is 13.2 Å². The molecule has 26 heavy (non-hydrogen) atoms. The molecule has 0 saturated carbocycles. The van der Waals surface area contributed by atoms with Crippen molar-refractivity contribution in [2.24, 2.45) is 0 Å². The molecule has 0 aliphatic carbocycles. The molecule has 0 radical (unpaired) electrons. The first-order chi connectivity index (χ1) is 12.4. The molecule has 0 aliphatic heterocycles. The SMILES string of the molecule is COCCN(Cc1ccco1)C(=O)NCc1ccc(CS(C)(=O)=O)cc1. The zero-order valence-corrected chi connectivity index (χ0v) is 15.8. The number of carbonyl (C=O) groups is 1. The molecule has 0 saturated heterocycles. The quantitative estimate of drug-likeness (QED) is 0.720. The average molecular weight is 380 g/mol. The third-order valence-electron chi connectivity index (χ3n) is 3.67.